The van der Waals surface area contributed by atoms with Crippen molar-refractivity contribution in [3.63, 3.8) is 0 Å². The van der Waals surface area contributed by atoms with E-state index in [9.17, 15) is 13.2 Å². The summed E-state index contributed by atoms with van der Waals surface area (Å²) in [6.45, 7) is 0.917. The van der Waals surface area contributed by atoms with Crippen molar-refractivity contribution in [2.75, 3.05) is 0 Å². The number of halogens is 3. The number of benzene rings is 1. The highest BCUT2D eigenvalue weighted by atomic mass is 19.4. The van der Waals surface area contributed by atoms with E-state index in [0.29, 0.717) is 5.56 Å². The van der Waals surface area contributed by atoms with Crippen molar-refractivity contribution in [2.24, 2.45) is 5.41 Å². The zero-order valence-electron chi connectivity index (χ0n) is 8.17. The van der Waals surface area contributed by atoms with Crippen LogP contribution < -0.4 is 0 Å². The summed E-state index contributed by atoms with van der Waals surface area (Å²) in [5.41, 5.74) is -1.80. The van der Waals surface area contributed by atoms with Gasteiger partial charge in [-0.1, -0.05) is 30.3 Å². The highest BCUT2D eigenvalue weighted by molar-refractivity contribution is 5.19. The van der Waals surface area contributed by atoms with E-state index in [1.54, 1.807) is 30.3 Å². The third-order valence-corrected chi connectivity index (χ3v) is 2.27. The van der Waals surface area contributed by atoms with Gasteiger partial charge in [-0.15, -0.1) is 0 Å². The molecule has 0 aliphatic heterocycles. The van der Waals surface area contributed by atoms with Gasteiger partial charge in [0, 0.05) is 0 Å². The maximum atomic E-state index is 12.6. The molecule has 1 rings (SSSR count). The van der Waals surface area contributed by atoms with Crippen LogP contribution in [0.15, 0.2) is 30.3 Å². The third-order valence-electron chi connectivity index (χ3n) is 2.27. The number of nitriles is 1. The Morgan fingerprint density at radius 3 is 2.13 bits per heavy atom. The first-order valence-corrected chi connectivity index (χ1v) is 4.41. The van der Waals surface area contributed by atoms with E-state index in [4.69, 9.17) is 5.26 Å². The summed E-state index contributed by atoms with van der Waals surface area (Å²) < 4.78 is 37.7. The van der Waals surface area contributed by atoms with Gasteiger partial charge in [0.25, 0.3) is 0 Å². The standard InChI is InChI=1S/C11H10F3N/c1-10(8-15,11(12,13)14)7-9-5-3-2-4-6-9/h2-6H,7H2,1H3. The maximum Gasteiger partial charge on any atom is 0.407 e. The molecule has 1 aromatic carbocycles. The normalized spacial score (nSPS) is 15.4. The molecule has 1 atom stereocenters. The fourth-order valence-electron chi connectivity index (χ4n) is 1.21. The summed E-state index contributed by atoms with van der Waals surface area (Å²) in [5, 5.41) is 8.61. The van der Waals surface area contributed by atoms with Crippen LogP contribution in [0.4, 0.5) is 13.2 Å². The van der Waals surface area contributed by atoms with Crippen LogP contribution >= 0.6 is 0 Å². The molecule has 0 amide bonds. The van der Waals surface area contributed by atoms with Gasteiger partial charge in [0.2, 0.25) is 0 Å². The van der Waals surface area contributed by atoms with Crippen molar-refractivity contribution >= 4 is 0 Å². The summed E-state index contributed by atoms with van der Waals surface area (Å²) in [5.74, 6) is 0. The monoisotopic (exact) mass is 213 g/mol. The zero-order chi connectivity index (χ0) is 11.5. The minimum atomic E-state index is -4.50. The summed E-state index contributed by atoms with van der Waals surface area (Å²) in [6.07, 6.45) is -4.81. The molecule has 0 N–H and O–H groups in total. The van der Waals surface area contributed by atoms with Crippen LogP contribution in [0.5, 0.6) is 0 Å². The third kappa shape index (κ3) is 2.50. The van der Waals surface area contributed by atoms with E-state index in [-0.39, 0.29) is 6.42 Å². The van der Waals surface area contributed by atoms with Crippen LogP contribution in [0.3, 0.4) is 0 Å². The minimum Gasteiger partial charge on any atom is -0.197 e. The number of hydrogen-bond donors (Lipinski definition) is 0. The Labute approximate surface area is 86.1 Å². The smallest absolute Gasteiger partial charge is 0.197 e. The van der Waals surface area contributed by atoms with Gasteiger partial charge in [0.1, 0.15) is 0 Å². The molecule has 1 unspecified atom stereocenters. The first kappa shape index (κ1) is 11.6. The molecule has 0 saturated carbocycles. The second kappa shape index (κ2) is 3.93. The molecular formula is C11H10F3N. The molecule has 1 nitrogen and oxygen atoms in total. The second-order valence-corrected chi connectivity index (χ2v) is 3.60. The predicted molar refractivity (Wildman–Crippen MR) is 49.9 cm³/mol. The van der Waals surface area contributed by atoms with Gasteiger partial charge in [-0.2, -0.15) is 18.4 Å². The molecular weight excluding hydrogens is 203 g/mol. The molecule has 0 spiro atoms. The molecule has 0 bridgehead atoms. The molecule has 0 aliphatic carbocycles. The number of nitrogens with zero attached hydrogens (tertiary/aromatic N) is 1. The van der Waals surface area contributed by atoms with Crippen LogP contribution in [0.1, 0.15) is 12.5 Å². The van der Waals surface area contributed by atoms with Crippen LogP contribution in [-0.2, 0) is 6.42 Å². The molecule has 1 aromatic rings. The van der Waals surface area contributed by atoms with E-state index in [1.807, 2.05) is 0 Å². The number of hydrogen-bond acceptors (Lipinski definition) is 1. The molecule has 4 heteroatoms. The molecule has 0 aliphatic rings. The highest BCUT2D eigenvalue weighted by Gasteiger charge is 2.51. The molecule has 15 heavy (non-hydrogen) atoms. The second-order valence-electron chi connectivity index (χ2n) is 3.60. The first-order valence-electron chi connectivity index (χ1n) is 4.41. The summed E-state index contributed by atoms with van der Waals surface area (Å²) in [4.78, 5) is 0. The SMILES string of the molecule is CC(C#N)(Cc1ccccc1)C(F)(F)F. The van der Waals surface area contributed by atoms with E-state index < -0.39 is 11.6 Å². The van der Waals surface area contributed by atoms with Gasteiger partial charge in [0.15, 0.2) is 5.41 Å². The van der Waals surface area contributed by atoms with Gasteiger partial charge in [0.05, 0.1) is 6.07 Å². The molecule has 0 radical (unpaired) electrons. The van der Waals surface area contributed by atoms with E-state index >= 15 is 0 Å². The lowest BCUT2D eigenvalue weighted by atomic mass is 9.84. The minimum absolute atomic E-state index is 0.312. The Kier molecular flexibility index (Phi) is 3.04. The van der Waals surface area contributed by atoms with E-state index in [0.717, 1.165) is 6.92 Å². The van der Waals surface area contributed by atoms with Crippen molar-refractivity contribution in [1.29, 1.82) is 5.26 Å². The Morgan fingerprint density at radius 1 is 1.20 bits per heavy atom. The number of rotatable bonds is 2. The van der Waals surface area contributed by atoms with Gasteiger partial charge < -0.3 is 0 Å². The van der Waals surface area contributed by atoms with Gasteiger partial charge in [-0.05, 0) is 18.9 Å². The lowest BCUT2D eigenvalue weighted by molar-refractivity contribution is -0.196. The lowest BCUT2D eigenvalue weighted by Gasteiger charge is -2.24. The van der Waals surface area contributed by atoms with Crippen molar-refractivity contribution in [1.82, 2.24) is 0 Å². The Bertz CT molecular complexity index is 364. The average molecular weight is 213 g/mol. The first-order chi connectivity index (χ1) is 6.89. The average Bonchev–Trinajstić information content (AvgIpc) is 2.17. The summed E-state index contributed by atoms with van der Waals surface area (Å²) in [6, 6.07) is 9.55. The van der Waals surface area contributed by atoms with Gasteiger partial charge in [-0.3, -0.25) is 0 Å². The van der Waals surface area contributed by atoms with Crippen molar-refractivity contribution in [3.8, 4) is 6.07 Å². The highest BCUT2D eigenvalue weighted by Crippen LogP contribution is 2.39. The summed E-state index contributed by atoms with van der Waals surface area (Å²) in [7, 11) is 0. The molecule has 0 saturated heterocycles. The van der Waals surface area contributed by atoms with Gasteiger partial charge >= 0.3 is 6.18 Å². The molecule has 0 fully saturated rings. The Hall–Kier alpha value is -1.50. The Balaban J connectivity index is 2.94. The molecule has 0 heterocycles. The van der Waals surface area contributed by atoms with Crippen LogP contribution in [-0.4, -0.2) is 6.18 Å². The van der Waals surface area contributed by atoms with Gasteiger partial charge in [-0.25, -0.2) is 0 Å². The fraction of sp³-hybridized carbons (Fsp3) is 0.364. The zero-order valence-corrected chi connectivity index (χ0v) is 8.17. The quantitative estimate of drug-likeness (QED) is 0.739. The lowest BCUT2D eigenvalue weighted by Crippen LogP contribution is -2.35. The summed E-state index contributed by atoms with van der Waals surface area (Å²) >= 11 is 0. The van der Waals surface area contributed by atoms with Crippen molar-refractivity contribution in [3.05, 3.63) is 35.9 Å². The van der Waals surface area contributed by atoms with Crippen LogP contribution in [0, 0.1) is 16.7 Å². The van der Waals surface area contributed by atoms with E-state index in [2.05, 4.69) is 0 Å². The topological polar surface area (TPSA) is 23.8 Å². The number of alkyl halides is 3. The molecule has 80 valence electrons. The van der Waals surface area contributed by atoms with Crippen molar-refractivity contribution < 1.29 is 13.2 Å². The largest absolute Gasteiger partial charge is 0.407 e. The van der Waals surface area contributed by atoms with E-state index in [1.165, 1.54) is 6.07 Å². The Morgan fingerprint density at radius 2 is 1.73 bits per heavy atom. The van der Waals surface area contributed by atoms with Crippen LogP contribution in [0.2, 0.25) is 0 Å². The van der Waals surface area contributed by atoms with Crippen molar-refractivity contribution in [2.45, 2.75) is 19.5 Å². The molecule has 0 aromatic heterocycles. The fourth-order valence-corrected chi connectivity index (χ4v) is 1.21. The predicted octanol–water partition coefficient (Wildman–Crippen LogP) is 3.32. The maximum absolute atomic E-state index is 12.6. The van der Waals surface area contributed by atoms with Crippen LogP contribution in [0.25, 0.3) is 0 Å².